The lowest BCUT2D eigenvalue weighted by molar-refractivity contribution is 0.627. The van der Waals surface area contributed by atoms with Crippen LogP contribution in [0.4, 0.5) is 4.39 Å². The topological polar surface area (TPSA) is 56.0 Å². The van der Waals surface area contributed by atoms with Crippen LogP contribution in [0.25, 0.3) is 11.3 Å². The first-order valence-electron chi connectivity index (χ1n) is 12.9. The standard InChI is InChI=1S/C30H38FN5/c1-7-10-29(32-17-24-18-33-30(34-19-24)22(5)9-3)27(16-11-21(4)8-2)28-20-35-36(23(28)6)26-14-12-25(31)13-15-26/h12-16,18-20,22H,4,7-11,17H2,1-3,5-6H3/b27-16+,32-29?. The van der Waals surface area contributed by atoms with Crippen molar-refractivity contribution in [1.82, 2.24) is 19.7 Å². The van der Waals surface area contributed by atoms with Crippen LogP contribution in [0.15, 0.2) is 66.1 Å². The summed E-state index contributed by atoms with van der Waals surface area (Å²) in [5, 5.41) is 4.63. The lowest BCUT2D eigenvalue weighted by Gasteiger charge is -2.13. The molecule has 190 valence electrons. The predicted octanol–water partition coefficient (Wildman–Crippen LogP) is 7.80. The van der Waals surface area contributed by atoms with Gasteiger partial charge >= 0.3 is 0 Å². The van der Waals surface area contributed by atoms with Crippen molar-refractivity contribution < 1.29 is 4.39 Å². The lowest BCUT2D eigenvalue weighted by Crippen LogP contribution is -2.06. The van der Waals surface area contributed by atoms with E-state index in [0.717, 1.165) is 71.7 Å². The van der Waals surface area contributed by atoms with Gasteiger partial charge in [0.25, 0.3) is 0 Å². The van der Waals surface area contributed by atoms with Gasteiger partial charge in [-0.1, -0.05) is 52.3 Å². The summed E-state index contributed by atoms with van der Waals surface area (Å²) in [7, 11) is 0. The minimum absolute atomic E-state index is 0.263. The highest BCUT2D eigenvalue weighted by atomic mass is 19.1. The van der Waals surface area contributed by atoms with Gasteiger partial charge in [0.15, 0.2) is 0 Å². The molecule has 1 atom stereocenters. The summed E-state index contributed by atoms with van der Waals surface area (Å²) in [5.74, 6) is 0.961. The fraction of sp³-hybridized carbons (Fsp3) is 0.400. The first-order chi connectivity index (χ1) is 17.4. The largest absolute Gasteiger partial charge is 0.284 e. The molecule has 0 fully saturated rings. The quantitative estimate of drug-likeness (QED) is 0.193. The van der Waals surface area contributed by atoms with Gasteiger partial charge in [0.1, 0.15) is 11.6 Å². The third kappa shape index (κ3) is 6.84. The fourth-order valence-corrected chi connectivity index (χ4v) is 3.90. The summed E-state index contributed by atoms with van der Waals surface area (Å²) in [6.45, 7) is 15.3. The summed E-state index contributed by atoms with van der Waals surface area (Å²) in [4.78, 5) is 14.2. The van der Waals surface area contributed by atoms with Crippen LogP contribution in [0.2, 0.25) is 0 Å². The first kappa shape index (κ1) is 27.2. The van der Waals surface area contributed by atoms with Gasteiger partial charge in [-0.15, -0.1) is 0 Å². The second-order valence-electron chi connectivity index (χ2n) is 9.23. The number of hydrogen-bond donors (Lipinski definition) is 0. The molecule has 0 bridgehead atoms. The van der Waals surface area contributed by atoms with E-state index >= 15 is 0 Å². The monoisotopic (exact) mass is 487 g/mol. The highest BCUT2D eigenvalue weighted by Gasteiger charge is 2.17. The van der Waals surface area contributed by atoms with Crippen LogP contribution in [-0.2, 0) is 6.54 Å². The fourth-order valence-electron chi connectivity index (χ4n) is 3.90. The van der Waals surface area contributed by atoms with Gasteiger partial charge < -0.3 is 0 Å². The molecule has 5 nitrogen and oxygen atoms in total. The summed E-state index contributed by atoms with van der Waals surface area (Å²) in [6.07, 6.45) is 12.4. The normalized spacial score (nSPS) is 13.2. The van der Waals surface area contributed by atoms with Crippen LogP contribution in [0.1, 0.15) is 88.4 Å². The molecule has 0 spiro atoms. The Morgan fingerprint density at radius 3 is 2.42 bits per heavy atom. The number of hydrogen-bond acceptors (Lipinski definition) is 4. The Morgan fingerprint density at radius 1 is 1.11 bits per heavy atom. The zero-order valence-corrected chi connectivity index (χ0v) is 22.3. The van der Waals surface area contributed by atoms with Crippen LogP contribution < -0.4 is 0 Å². The lowest BCUT2D eigenvalue weighted by atomic mass is 9.96. The van der Waals surface area contributed by atoms with Crippen LogP contribution in [-0.4, -0.2) is 25.5 Å². The maximum Gasteiger partial charge on any atom is 0.131 e. The molecule has 6 heteroatoms. The average molecular weight is 488 g/mol. The van der Waals surface area contributed by atoms with Gasteiger partial charge in [0.05, 0.1) is 18.4 Å². The Kier molecular flexibility index (Phi) is 9.86. The number of allylic oxidation sites excluding steroid dienone is 3. The van der Waals surface area contributed by atoms with Crippen molar-refractivity contribution in [3.8, 4) is 5.69 Å². The van der Waals surface area contributed by atoms with Crippen molar-refractivity contribution in [3.05, 3.63) is 89.5 Å². The van der Waals surface area contributed by atoms with Crippen molar-refractivity contribution in [2.24, 2.45) is 4.99 Å². The van der Waals surface area contributed by atoms with E-state index in [1.54, 1.807) is 12.1 Å². The molecule has 0 saturated carbocycles. The van der Waals surface area contributed by atoms with Crippen molar-refractivity contribution in [2.75, 3.05) is 0 Å². The van der Waals surface area contributed by atoms with Crippen molar-refractivity contribution >= 4 is 11.3 Å². The van der Waals surface area contributed by atoms with E-state index in [2.05, 4.69) is 55.4 Å². The molecule has 0 N–H and O–H groups in total. The van der Waals surface area contributed by atoms with Gasteiger partial charge in [-0.05, 0) is 56.9 Å². The van der Waals surface area contributed by atoms with E-state index in [1.807, 2.05) is 30.2 Å². The molecule has 1 aromatic carbocycles. The molecule has 0 aliphatic heterocycles. The second-order valence-corrected chi connectivity index (χ2v) is 9.23. The van der Waals surface area contributed by atoms with Crippen LogP contribution in [0.5, 0.6) is 0 Å². The number of nitrogens with zero attached hydrogens (tertiary/aromatic N) is 5. The molecule has 3 aromatic rings. The molecule has 36 heavy (non-hydrogen) atoms. The van der Waals surface area contributed by atoms with Gasteiger partial charge in [0.2, 0.25) is 0 Å². The van der Waals surface area contributed by atoms with Crippen LogP contribution in [0.3, 0.4) is 0 Å². The number of aromatic nitrogens is 4. The third-order valence-corrected chi connectivity index (χ3v) is 6.49. The van der Waals surface area contributed by atoms with Crippen molar-refractivity contribution in [1.29, 1.82) is 0 Å². The molecule has 0 saturated heterocycles. The predicted molar refractivity (Wildman–Crippen MR) is 147 cm³/mol. The zero-order valence-electron chi connectivity index (χ0n) is 22.3. The third-order valence-electron chi connectivity index (χ3n) is 6.49. The van der Waals surface area contributed by atoms with Gasteiger partial charge in [-0.2, -0.15) is 5.10 Å². The molecule has 0 aliphatic carbocycles. The highest BCUT2D eigenvalue weighted by Crippen LogP contribution is 2.27. The molecule has 0 aliphatic rings. The molecule has 2 heterocycles. The number of rotatable bonds is 12. The second kappa shape index (κ2) is 13.1. The maximum absolute atomic E-state index is 13.5. The van der Waals surface area contributed by atoms with Gasteiger partial charge in [-0.25, -0.2) is 19.0 Å². The zero-order chi connectivity index (χ0) is 26.1. The van der Waals surface area contributed by atoms with Gasteiger partial charge in [0, 0.05) is 46.4 Å². The molecule has 0 radical (unpaired) electrons. The molecule has 2 aromatic heterocycles. The van der Waals surface area contributed by atoms with E-state index in [-0.39, 0.29) is 5.82 Å². The van der Waals surface area contributed by atoms with E-state index in [4.69, 9.17) is 4.99 Å². The summed E-state index contributed by atoms with van der Waals surface area (Å²) < 4.78 is 15.3. The smallest absolute Gasteiger partial charge is 0.131 e. The van der Waals surface area contributed by atoms with Crippen molar-refractivity contribution in [3.63, 3.8) is 0 Å². The van der Waals surface area contributed by atoms with Crippen LogP contribution in [0, 0.1) is 12.7 Å². The minimum Gasteiger partial charge on any atom is -0.284 e. The molecular formula is C30H38FN5. The molecule has 3 rings (SSSR count). The Labute approximate surface area is 214 Å². The number of halogens is 1. The molecule has 0 amide bonds. The SMILES string of the molecule is C=C(CC)C/C=C(/C(CCC)=NCc1cnc(C(C)CC)nc1)c1cnn(-c2ccc(F)cc2)c1C. The summed E-state index contributed by atoms with van der Waals surface area (Å²) >= 11 is 0. The van der Waals surface area contributed by atoms with E-state index in [9.17, 15) is 4.39 Å². The maximum atomic E-state index is 13.5. The number of aliphatic imine (C=N–C) groups is 1. The van der Waals surface area contributed by atoms with Crippen LogP contribution >= 0.6 is 0 Å². The summed E-state index contributed by atoms with van der Waals surface area (Å²) in [5.41, 5.74) is 7.11. The Morgan fingerprint density at radius 2 is 1.81 bits per heavy atom. The summed E-state index contributed by atoms with van der Waals surface area (Å²) in [6, 6.07) is 6.39. The number of benzene rings is 1. The van der Waals surface area contributed by atoms with Crippen molar-refractivity contribution in [2.45, 2.75) is 79.2 Å². The van der Waals surface area contributed by atoms with E-state index in [1.165, 1.54) is 17.7 Å². The Balaban J connectivity index is 1.98. The Bertz CT molecular complexity index is 1200. The molecular weight excluding hydrogens is 449 g/mol. The van der Waals surface area contributed by atoms with E-state index < -0.39 is 0 Å². The van der Waals surface area contributed by atoms with E-state index in [0.29, 0.717) is 12.5 Å². The molecule has 1 unspecified atom stereocenters. The highest BCUT2D eigenvalue weighted by molar-refractivity contribution is 6.24. The van der Waals surface area contributed by atoms with Gasteiger partial charge in [-0.3, -0.25) is 4.99 Å². The first-order valence-corrected chi connectivity index (χ1v) is 12.9. The average Bonchev–Trinajstić information content (AvgIpc) is 3.28. The Hall–Kier alpha value is -3.41. The minimum atomic E-state index is -0.263.